The number of para-hydroxylation sites is 1. The van der Waals surface area contributed by atoms with Gasteiger partial charge in [0.2, 0.25) is 0 Å². The van der Waals surface area contributed by atoms with E-state index in [1.807, 2.05) is 30.0 Å². The lowest BCUT2D eigenvalue weighted by Gasteiger charge is -2.27. The highest BCUT2D eigenvalue weighted by Crippen LogP contribution is 2.30. The number of ether oxygens (including phenoxy) is 1. The number of nitrogens with zero attached hydrogens (tertiary/aromatic N) is 2. The van der Waals surface area contributed by atoms with Crippen molar-refractivity contribution < 1.29 is 4.74 Å². The van der Waals surface area contributed by atoms with E-state index in [0.717, 1.165) is 31.1 Å². The maximum Gasteiger partial charge on any atom is 0.191 e. The highest BCUT2D eigenvalue weighted by Gasteiger charge is 2.12. The van der Waals surface area contributed by atoms with Crippen LogP contribution in [0.4, 0.5) is 0 Å². The first kappa shape index (κ1) is 17.0. The monoisotopic (exact) mass is 321 g/mol. The van der Waals surface area contributed by atoms with Crippen LogP contribution in [0, 0.1) is 5.92 Å². The van der Waals surface area contributed by atoms with Gasteiger partial charge in [-0.05, 0) is 37.3 Å². The number of benzene rings is 1. The van der Waals surface area contributed by atoms with E-state index >= 15 is 0 Å². The minimum absolute atomic E-state index is 0.484. The second-order valence-corrected chi connectivity index (χ2v) is 6.88. The van der Waals surface area contributed by atoms with E-state index < -0.39 is 0 Å². The van der Waals surface area contributed by atoms with Gasteiger partial charge in [0, 0.05) is 30.3 Å². The van der Waals surface area contributed by atoms with Crippen LogP contribution in [0.1, 0.15) is 26.2 Å². The van der Waals surface area contributed by atoms with E-state index in [4.69, 9.17) is 10.5 Å². The van der Waals surface area contributed by atoms with Gasteiger partial charge in [0.1, 0.15) is 5.75 Å². The zero-order chi connectivity index (χ0) is 15.8. The fourth-order valence-electron chi connectivity index (χ4n) is 2.50. The predicted molar refractivity (Wildman–Crippen MR) is 94.8 cm³/mol. The van der Waals surface area contributed by atoms with Crippen molar-refractivity contribution >= 4 is 17.7 Å². The van der Waals surface area contributed by atoms with Crippen LogP contribution in [-0.2, 0) is 0 Å². The molecule has 1 saturated heterocycles. The highest BCUT2D eigenvalue weighted by molar-refractivity contribution is 7.99. The van der Waals surface area contributed by atoms with Crippen LogP contribution in [-0.4, -0.2) is 43.4 Å². The summed E-state index contributed by atoms with van der Waals surface area (Å²) in [6.07, 6.45) is 3.78. The van der Waals surface area contributed by atoms with Gasteiger partial charge in [-0.3, -0.25) is 4.99 Å². The Bertz CT molecular complexity index is 487. The molecule has 0 bridgehead atoms. The van der Waals surface area contributed by atoms with E-state index in [0.29, 0.717) is 11.9 Å². The Morgan fingerprint density at radius 1 is 1.32 bits per heavy atom. The molecule has 1 atom stereocenters. The quantitative estimate of drug-likeness (QED) is 0.496. The molecule has 1 unspecified atom stereocenters. The summed E-state index contributed by atoms with van der Waals surface area (Å²) in [5.41, 5.74) is 6.10. The number of nitrogens with two attached hydrogens (primary N) is 1. The molecule has 1 aliphatic heterocycles. The third-order valence-corrected chi connectivity index (χ3v) is 5.22. The largest absolute Gasteiger partial charge is 0.496 e. The Kier molecular flexibility index (Phi) is 6.90. The Morgan fingerprint density at radius 3 is 2.77 bits per heavy atom. The second-order valence-electron chi connectivity index (χ2n) is 5.81. The molecule has 2 N–H and O–H groups in total. The average molecular weight is 321 g/mol. The fourth-order valence-corrected chi connectivity index (χ4v) is 3.53. The van der Waals surface area contributed by atoms with Gasteiger partial charge in [-0.2, -0.15) is 0 Å². The summed E-state index contributed by atoms with van der Waals surface area (Å²) in [7, 11) is 1.71. The smallest absolute Gasteiger partial charge is 0.191 e. The number of thioether (sulfide) groups is 1. The van der Waals surface area contributed by atoms with Gasteiger partial charge in [0.05, 0.1) is 7.11 Å². The van der Waals surface area contributed by atoms with Crippen LogP contribution >= 0.6 is 11.8 Å². The lowest BCUT2D eigenvalue weighted by molar-refractivity contribution is 0.337. The van der Waals surface area contributed by atoms with Crippen LogP contribution < -0.4 is 10.5 Å². The number of hydrogen-bond donors (Lipinski definition) is 1. The molecule has 4 nitrogen and oxygen atoms in total. The minimum atomic E-state index is 0.484. The molecular formula is C17H27N3OS. The van der Waals surface area contributed by atoms with Crippen molar-refractivity contribution in [2.45, 2.75) is 31.1 Å². The number of rotatable bonds is 6. The van der Waals surface area contributed by atoms with E-state index in [9.17, 15) is 0 Å². The third-order valence-electron chi connectivity index (χ3n) is 3.84. The lowest BCUT2D eigenvalue weighted by atomic mass is 10.1. The molecule has 0 spiro atoms. The predicted octanol–water partition coefficient (Wildman–Crippen LogP) is 3.22. The topological polar surface area (TPSA) is 50.9 Å². The molecule has 0 aliphatic carbocycles. The molecular weight excluding hydrogens is 294 g/mol. The van der Waals surface area contributed by atoms with Crippen LogP contribution in [0.2, 0.25) is 0 Å². The van der Waals surface area contributed by atoms with Gasteiger partial charge < -0.3 is 15.4 Å². The van der Waals surface area contributed by atoms with E-state index in [1.54, 1.807) is 7.11 Å². The van der Waals surface area contributed by atoms with Crippen LogP contribution in [0.15, 0.2) is 34.2 Å². The molecule has 1 aromatic carbocycles. The van der Waals surface area contributed by atoms with Crippen molar-refractivity contribution in [2.75, 3.05) is 32.5 Å². The van der Waals surface area contributed by atoms with E-state index in [-0.39, 0.29) is 0 Å². The Balaban J connectivity index is 1.78. The second kappa shape index (κ2) is 8.93. The number of likely N-dealkylation sites (tertiary alicyclic amines) is 1. The van der Waals surface area contributed by atoms with Crippen molar-refractivity contribution in [3.63, 3.8) is 0 Å². The van der Waals surface area contributed by atoms with Crippen LogP contribution in [0.3, 0.4) is 0 Å². The number of piperidine rings is 1. The molecule has 1 aliphatic rings. The van der Waals surface area contributed by atoms with Gasteiger partial charge in [-0.15, -0.1) is 11.8 Å². The van der Waals surface area contributed by atoms with Crippen molar-refractivity contribution in [1.82, 2.24) is 4.90 Å². The molecule has 0 saturated carbocycles. The number of hydrogen-bond acceptors (Lipinski definition) is 3. The van der Waals surface area contributed by atoms with E-state index in [2.05, 4.69) is 22.9 Å². The van der Waals surface area contributed by atoms with Gasteiger partial charge in [-0.1, -0.05) is 19.1 Å². The van der Waals surface area contributed by atoms with E-state index in [1.165, 1.54) is 24.2 Å². The normalized spacial score (nSPS) is 17.4. The molecule has 1 fully saturated rings. The minimum Gasteiger partial charge on any atom is -0.496 e. The first-order valence-corrected chi connectivity index (χ1v) is 9.00. The SMILES string of the molecule is COc1ccccc1SCC(C)CN=C(N)N1CCCCC1. The summed E-state index contributed by atoms with van der Waals surface area (Å²) in [5.74, 6) is 3.15. The maximum atomic E-state index is 6.10. The summed E-state index contributed by atoms with van der Waals surface area (Å²) in [6.45, 7) is 5.11. The molecule has 122 valence electrons. The van der Waals surface area contributed by atoms with Gasteiger partial charge in [0.15, 0.2) is 5.96 Å². The Hall–Kier alpha value is -1.36. The summed E-state index contributed by atoms with van der Waals surface area (Å²) in [6, 6.07) is 8.14. The van der Waals surface area contributed by atoms with Crippen LogP contribution in [0.5, 0.6) is 5.75 Å². The fraction of sp³-hybridized carbons (Fsp3) is 0.588. The number of aliphatic imine (C=N–C) groups is 1. The summed E-state index contributed by atoms with van der Waals surface area (Å²) >= 11 is 1.82. The zero-order valence-electron chi connectivity index (χ0n) is 13.6. The molecule has 2 rings (SSSR count). The molecule has 1 aromatic rings. The summed E-state index contributed by atoms with van der Waals surface area (Å²) < 4.78 is 5.38. The highest BCUT2D eigenvalue weighted by atomic mass is 32.2. The Labute approximate surface area is 138 Å². The van der Waals surface area contributed by atoms with Gasteiger partial charge >= 0.3 is 0 Å². The number of methoxy groups -OCH3 is 1. The molecule has 1 heterocycles. The Morgan fingerprint density at radius 2 is 2.05 bits per heavy atom. The molecule has 0 aromatic heterocycles. The zero-order valence-corrected chi connectivity index (χ0v) is 14.4. The van der Waals surface area contributed by atoms with Crippen molar-refractivity contribution in [3.8, 4) is 5.75 Å². The van der Waals surface area contributed by atoms with Crippen molar-refractivity contribution in [2.24, 2.45) is 16.6 Å². The molecule has 0 amide bonds. The average Bonchev–Trinajstić information content (AvgIpc) is 2.58. The van der Waals surface area contributed by atoms with Crippen LogP contribution in [0.25, 0.3) is 0 Å². The summed E-state index contributed by atoms with van der Waals surface area (Å²) in [4.78, 5) is 7.98. The summed E-state index contributed by atoms with van der Waals surface area (Å²) in [5, 5.41) is 0. The number of guanidine groups is 1. The van der Waals surface area contributed by atoms with Gasteiger partial charge in [-0.25, -0.2) is 0 Å². The lowest BCUT2D eigenvalue weighted by Crippen LogP contribution is -2.41. The standard InChI is InChI=1S/C17H27N3OS/c1-14(12-19-17(18)20-10-6-3-7-11-20)13-22-16-9-5-4-8-15(16)21-2/h4-5,8-9,14H,3,6-7,10-13H2,1-2H3,(H2,18,19). The van der Waals surface area contributed by atoms with Crippen molar-refractivity contribution in [1.29, 1.82) is 0 Å². The van der Waals surface area contributed by atoms with Gasteiger partial charge in [0.25, 0.3) is 0 Å². The third kappa shape index (κ3) is 5.13. The molecule has 0 radical (unpaired) electrons. The first-order valence-electron chi connectivity index (χ1n) is 8.01. The molecule has 22 heavy (non-hydrogen) atoms. The first-order chi connectivity index (χ1) is 10.7. The maximum absolute atomic E-state index is 6.10. The molecule has 5 heteroatoms. The van der Waals surface area contributed by atoms with Crippen molar-refractivity contribution in [3.05, 3.63) is 24.3 Å².